The molecule has 0 atom stereocenters. The Morgan fingerprint density at radius 2 is 1.87 bits per heavy atom. The van der Waals surface area contributed by atoms with Gasteiger partial charge in [0.15, 0.2) is 0 Å². The maximum atomic E-state index is 13.7. The Hall–Kier alpha value is -4.38. The summed E-state index contributed by atoms with van der Waals surface area (Å²) in [4.78, 5) is 55.7. The van der Waals surface area contributed by atoms with Crippen LogP contribution in [0.4, 0.5) is 10.5 Å². The van der Waals surface area contributed by atoms with Crippen molar-refractivity contribution in [1.29, 1.82) is 0 Å². The number of carbonyl (C=O) groups is 2. The van der Waals surface area contributed by atoms with E-state index in [1.165, 1.54) is 23.0 Å². The molecule has 0 unspecified atom stereocenters. The molecule has 196 valence electrons. The van der Waals surface area contributed by atoms with Crippen LogP contribution in [0, 0.1) is 0 Å². The van der Waals surface area contributed by atoms with Crippen molar-refractivity contribution in [2.24, 2.45) is 0 Å². The van der Waals surface area contributed by atoms with Gasteiger partial charge in [-0.05, 0) is 43.2 Å². The van der Waals surface area contributed by atoms with Gasteiger partial charge in [-0.3, -0.25) is 14.2 Å². The number of para-hydroxylation sites is 1. The minimum atomic E-state index is -0.615. The first kappa shape index (κ1) is 25.3. The topological polar surface area (TPSA) is 112 Å². The predicted octanol–water partition coefficient (Wildman–Crippen LogP) is 3.38. The van der Waals surface area contributed by atoms with Crippen LogP contribution >= 0.6 is 11.3 Å². The molecule has 5 rings (SSSR count). The summed E-state index contributed by atoms with van der Waals surface area (Å²) in [7, 11) is 1.53. The molecular weight excluding hydrogens is 508 g/mol. The number of carbonyl (C=O) groups excluding carboxylic acids is 2. The highest BCUT2D eigenvalue weighted by Crippen LogP contribution is 2.33. The van der Waals surface area contributed by atoms with Crippen LogP contribution in [0.3, 0.4) is 0 Å². The Kier molecular flexibility index (Phi) is 7.01. The number of hydrogen-bond donors (Lipinski definition) is 1. The third-order valence-electron chi connectivity index (χ3n) is 6.32. The fraction of sp³-hybridized carbons (Fsp3) is 0.259. The average Bonchev–Trinajstić information content (AvgIpc) is 3.31. The van der Waals surface area contributed by atoms with Crippen LogP contribution < -0.4 is 21.3 Å². The van der Waals surface area contributed by atoms with Gasteiger partial charge in [0.1, 0.15) is 17.1 Å². The summed E-state index contributed by atoms with van der Waals surface area (Å²) in [6.45, 7) is 2.35. The highest BCUT2D eigenvalue weighted by molar-refractivity contribution is 7.18. The van der Waals surface area contributed by atoms with E-state index in [0.717, 1.165) is 15.0 Å². The van der Waals surface area contributed by atoms with Gasteiger partial charge in [0.05, 0.1) is 31.3 Å². The summed E-state index contributed by atoms with van der Waals surface area (Å²) in [6.07, 6.45) is 0.0132. The molecule has 0 spiro atoms. The van der Waals surface area contributed by atoms with Gasteiger partial charge in [0.25, 0.3) is 5.56 Å². The second-order valence-corrected chi connectivity index (χ2v) is 9.76. The summed E-state index contributed by atoms with van der Waals surface area (Å²) in [5.74, 6) is 0.150. The lowest BCUT2D eigenvalue weighted by atomic mass is 10.1. The van der Waals surface area contributed by atoms with Gasteiger partial charge >= 0.3 is 11.8 Å². The second kappa shape index (κ2) is 10.5. The monoisotopic (exact) mass is 534 g/mol. The van der Waals surface area contributed by atoms with Gasteiger partial charge in [-0.1, -0.05) is 24.3 Å². The SMILES string of the molecule is CCOC(=O)N1CCc2c(sc3c2c(=O)n(-c2ccccc2)c(=O)n3CC(=O)Nc2cccc(OC)c2)C1. The number of amides is 2. The number of ether oxygens (including phenoxy) is 2. The molecule has 0 fully saturated rings. The number of rotatable bonds is 6. The summed E-state index contributed by atoms with van der Waals surface area (Å²) in [6, 6.07) is 15.5. The number of methoxy groups -OCH3 is 1. The molecule has 0 radical (unpaired) electrons. The molecule has 11 heteroatoms. The van der Waals surface area contributed by atoms with Gasteiger partial charge in [-0.15, -0.1) is 11.3 Å². The Morgan fingerprint density at radius 3 is 2.61 bits per heavy atom. The standard InChI is InChI=1S/C27H26N4O6S/c1-3-37-27(35)29-13-12-20-21(15-29)38-25-23(20)24(33)31(18-9-5-4-6-10-18)26(34)30(25)16-22(32)28-17-8-7-11-19(14-17)36-2/h4-11,14H,3,12-13,15-16H2,1-2H3,(H,28,32). The van der Waals surface area contributed by atoms with Crippen molar-refractivity contribution in [3.8, 4) is 11.4 Å². The minimum Gasteiger partial charge on any atom is -0.497 e. The molecule has 2 amide bonds. The van der Waals surface area contributed by atoms with Gasteiger partial charge in [-0.2, -0.15) is 0 Å². The summed E-state index contributed by atoms with van der Waals surface area (Å²) < 4.78 is 12.8. The van der Waals surface area contributed by atoms with Crippen molar-refractivity contribution >= 4 is 39.2 Å². The van der Waals surface area contributed by atoms with Crippen molar-refractivity contribution in [3.05, 3.63) is 85.9 Å². The zero-order valence-electron chi connectivity index (χ0n) is 20.9. The summed E-state index contributed by atoms with van der Waals surface area (Å²) in [5.41, 5.74) is 0.668. The highest BCUT2D eigenvalue weighted by Gasteiger charge is 2.29. The maximum Gasteiger partial charge on any atom is 0.410 e. The molecule has 0 saturated heterocycles. The lowest BCUT2D eigenvalue weighted by molar-refractivity contribution is -0.116. The molecule has 38 heavy (non-hydrogen) atoms. The third-order valence-corrected chi connectivity index (χ3v) is 7.56. The molecule has 10 nitrogen and oxygen atoms in total. The van der Waals surface area contributed by atoms with E-state index >= 15 is 0 Å². The van der Waals surface area contributed by atoms with E-state index in [1.807, 2.05) is 0 Å². The number of anilines is 1. The van der Waals surface area contributed by atoms with Crippen molar-refractivity contribution in [2.75, 3.05) is 25.6 Å². The molecule has 2 aromatic carbocycles. The summed E-state index contributed by atoms with van der Waals surface area (Å²) >= 11 is 1.25. The van der Waals surface area contributed by atoms with Crippen LogP contribution in [0.25, 0.3) is 15.9 Å². The fourth-order valence-corrected chi connectivity index (χ4v) is 5.91. The van der Waals surface area contributed by atoms with Crippen LogP contribution in [0.1, 0.15) is 17.4 Å². The molecule has 4 aromatic rings. The minimum absolute atomic E-state index is 0.262. The van der Waals surface area contributed by atoms with Gasteiger partial charge in [-0.25, -0.2) is 14.2 Å². The first-order valence-corrected chi connectivity index (χ1v) is 12.9. The van der Waals surface area contributed by atoms with E-state index in [9.17, 15) is 19.2 Å². The van der Waals surface area contributed by atoms with Crippen molar-refractivity contribution in [1.82, 2.24) is 14.0 Å². The molecule has 1 aliphatic heterocycles. The highest BCUT2D eigenvalue weighted by atomic mass is 32.1. The average molecular weight is 535 g/mol. The molecule has 0 saturated carbocycles. The molecule has 0 bridgehead atoms. The van der Waals surface area contributed by atoms with Crippen LogP contribution in [0.2, 0.25) is 0 Å². The lowest BCUT2D eigenvalue weighted by Crippen LogP contribution is -2.41. The van der Waals surface area contributed by atoms with Crippen LogP contribution in [0.15, 0.2) is 64.2 Å². The van der Waals surface area contributed by atoms with E-state index in [2.05, 4.69) is 5.32 Å². The fourth-order valence-electron chi connectivity index (χ4n) is 4.57. The Morgan fingerprint density at radius 1 is 1.08 bits per heavy atom. The van der Waals surface area contributed by atoms with Crippen LogP contribution in [-0.4, -0.2) is 46.3 Å². The number of thiophene rings is 1. The van der Waals surface area contributed by atoms with E-state index in [1.54, 1.807) is 66.4 Å². The third kappa shape index (κ3) is 4.68. The van der Waals surface area contributed by atoms with Crippen molar-refractivity contribution in [2.45, 2.75) is 26.4 Å². The van der Waals surface area contributed by atoms with E-state index in [0.29, 0.717) is 40.3 Å². The zero-order chi connectivity index (χ0) is 26.8. The second-order valence-electron chi connectivity index (χ2n) is 8.68. The molecule has 0 aliphatic carbocycles. The summed E-state index contributed by atoms with van der Waals surface area (Å²) in [5, 5.41) is 3.19. The number of hydrogen-bond acceptors (Lipinski definition) is 7. The predicted molar refractivity (Wildman–Crippen MR) is 144 cm³/mol. The van der Waals surface area contributed by atoms with E-state index in [-0.39, 0.29) is 19.7 Å². The van der Waals surface area contributed by atoms with E-state index < -0.39 is 23.2 Å². The van der Waals surface area contributed by atoms with Crippen molar-refractivity contribution < 1.29 is 19.1 Å². The largest absolute Gasteiger partial charge is 0.497 e. The number of nitrogens with one attached hydrogen (secondary N) is 1. The first-order chi connectivity index (χ1) is 18.4. The smallest absolute Gasteiger partial charge is 0.410 e. The number of fused-ring (bicyclic) bond motifs is 3. The van der Waals surface area contributed by atoms with Gasteiger partial charge in [0, 0.05) is 23.2 Å². The number of benzene rings is 2. The van der Waals surface area contributed by atoms with Gasteiger partial charge < -0.3 is 19.7 Å². The lowest BCUT2D eigenvalue weighted by Gasteiger charge is -2.25. The Labute approximate surface area is 221 Å². The number of nitrogens with zero attached hydrogens (tertiary/aromatic N) is 3. The zero-order valence-corrected chi connectivity index (χ0v) is 21.7. The normalized spacial score (nSPS) is 12.7. The Balaban J connectivity index is 1.61. The maximum absolute atomic E-state index is 13.7. The first-order valence-electron chi connectivity index (χ1n) is 12.1. The molecule has 1 N–H and O–H groups in total. The molecule has 2 aromatic heterocycles. The Bertz CT molecular complexity index is 1640. The molecular formula is C27H26N4O6S. The van der Waals surface area contributed by atoms with Crippen LogP contribution in [0.5, 0.6) is 5.75 Å². The number of aromatic nitrogens is 2. The van der Waals surface area contributed by atoms with Gasteiger partial charge in [0.2, 0.25) is 5.91 Å². The van der Waals surface area contributed by atoms with E-state index in [4.69, 9.17) is 9.47 Å². The quantitative estimate of drug-likeness (QED) is 0.406. The molecule has 1 aliphatic rings. The molecule has 3 heterocycles. The van der Waals surface area contributed by atoms with Crippen LogP contribution in [-0.2, 0) is 29.0 Å². The van der Waals surface area contributed by atoms with Crippen molar-refractivity contribution in [3.63, 3.8) is 0 Å².